The molecule has 2 heterocycles. The van der Waals surface area contributed by atoms with E-state index >= 15 is 0 Å². The van der Waals surface area contributed by atoms with Crippen molar-refractivity contribution in [3.05, 3.63) is 65.7 Å². The molecule has 0 fully saturated rings. The van der Waals surface area contributed by atoms with E-state index in [0.717, 1.165) is 17.0 Å². The van der Waals surface area contributed by atoms with Gasteiger partial charge in [0.15, 0.2) is 16.4 Å². The van der Waals surface area contributed by atoms with Crippen LogP contribution in [0, 0.1) is 0 Å². The number of carbonyl (C=O) groups is 1. The molecule has 4 rings (SSSR count). The maximum absolute atomic E-state index is 11.9. The Balaban J connectivity index is 1.64. The predicted octanol–water partition coefficient (Wildman–Crippen LogP) is 3.44. The van der Waals surface area contributed by atoms with Gasteiger partial charge in [0.05, 0.1) is 5.56 Å². The number of rotatable bonds is 3. The van der Waals surface area contributed by atoms with E-state index < -0.39 is 0 Å². The molecule has 1 atom stereocenters. The van der Waals surface area contributed by atoms with Gasteiger partial charge in [0.25, 0.3) is 0 Å². The van der Waals surface area contributed by atoms with E-state index in [-0.39, 0.29) is 11.4 Å². The predicted molar refractivity (Wildman–Crippen MR) is 86.9 cm³/mol. The normalized spacial score (nSPS) is 16.2. The van der Waals surface area contributed by atoms with Gasteiger partial charge in [-0.05, 0) is 17.8 Å². The molecule has 114 valence electrons. The molecule has 1 aliphatic rings. The summed E-state index contributed by atoms with van der Waals surface area (Å²) in [6.07, 6.45) is 0. The molecular weight excluding hydrogens is 310 g/mol. The van der Waals surface area contributed by atoms with Crippen LogP contribution in [0.15, 0.2) is 59.8 Å². The van der Waals surface area contributed by atoms with Gasteiger partial charge in [-0.2, -0.15) is 0 Å². The highest BCUT2D eigenvalue weighted by molar-refractivity contribution is 7.99. The second-order valence-corrected chi connectivity index (χ2v) is 6.20. The molecule has 3 aromatic rings. The third-order valence-electron chi connectivity index (χ3n) is 3.73. The van der Waals surface area contributed by atoms with E-state index in [2.05, 4.69) is 10.2 Å². The Bertz CT molecular complexity index is 877. The summed E-state index contributed by atoms with van der Waals surface area (Å²) in [6, 6.07) is 17.3. The minimum atomic E-state index is -0.384. The van der Waals surface area contributed by atoms with Crippen LogP contribution in [0.5, 0.6) is 0 Å². The molecule has 0 N–H and O–H groups in total. The standard InChI is InChI=1S/C17H13N3O2S/c1-20-14(11-7-3-2-4-8-11)18-19-17(20)23-16-13-10-6-5-9-12(13)15(21)22-16/h2-10,16H,1H3/t16-/m1/s1. The quantitative estimate of drug-likeness (QED) is 0.691. The van der Waals surface area contributed by atoms with Crippen LogP contribution in [0.3, 0.4) is 0 Å². The van der Waals surface area contributed by atoms with Gasteiger partial charge in [0, 0.05) is 18.2 Å². The van der Waals surface area contributed by atoms with Gasteiger partial charge in [-0.25, -0.2) is 4.79 Å². The highest BCUT2D eigenvalue weighted by Crippen LogP contribution is 2.42. The third kappa shape index (κ3) is 2.41. The fourth-order valence-corrected chi connectivity index (χ4v) is 3.54. The van der Waals surface area contributed by atoms with Gasteiger partial charge in [0.1, 0.15) is 0 Å². The highest BCUT2D eigenvalue weighted by Gasteiger charge is 2.32. The molecule has 2 aromatic carbocycles. The van der Waals surface area contributed by atoms with Crippen LogP contribution in [0.2, 0.25) is 0 Å². The number of fused-ring (bicyclic) bond motifs is 1. The number of aromatic nitrogens is 3. The van der Waals surface area contributed by atoms with Gasteiger partial charge >= 0.3 is 5.97 Å². The first-order valence-electron chi connectivity index (χ1n) is 7.15. The number of hydrogen-bond donors (Lipinski definition) is 0. The van der Waals surface area contributed by atoms with Crippen molar-refractivity contribution in [3.8, 4) is 11.4 Å². The molecule has 1 aromatic heterocycles. The average molecular weight is 323 g/mol. The van der Waals surface area contributed by atoms with Crippen LogP contribution in [0.1, 0.15) is 21.4 Å². The Morgan fingerprint density at radius 1 is 1.04 bits per heavy atom. The van der Waals surface area contributed by atoms with Crippen molar-refractivity contribution < 1.29 is 9.53 Å². The van der Waals surface area contributed by atoms with E-state index in [9.17, 15) is 4.79 Å². The van der Waals surface area contributed by atoms with Gasteiger partial charge in [0.2, 0.25) is 0 Å². The van der Waals surface area contributed by atoms with Crippen LogP contribution < -0.4 is 0 Å². The van der Waals surface area contributed by atoms with Crippen LogP contribution in [-0.4, -0.2) is 20.7 Å². The van der Waals surface area contributed by atoms with E-state index in [4.69, 9.17) is 4.74 Å². The third-order valence-corrected chi connectivity index (χ3v) is 4.86. The van der Waals surface area contributed by atoms with Crippen molar-refractivity contribution in [2.24, 2.45) is 7.05 Å². The lowest BCUT2D eigenvalue weighted by atomic mass is 10.1. The first-order chi connectivity index (χ1) is 11.2. The van der Waals surface area contributed by atoms with Crippen molar-refractivity contribution in [3.63, 3.8) is 0 Å². The first-order valence-corrected chi connectivity index (χ1v) is 8.03. The Morgan fingerprint density at radius 3 is 2.61 bits per heavy atom. The Morgan fingerprint density at radius 2 is 1.78 bits per heavy atom. The molecule has 0 amide bonds. The number of hydrogen-bond acceptors (Lipinski definition) is 5. The number of esters is 1. The fraction of sp³-hybridized carbons (Fsp3) is 0.118. The largest absolute Gasteiger partial charge is 0.442 e. The minimum Gasteiger partial charge on any atom is -0.442 e. The number of thioether (sulfide) groups is 1. The monoisotopic (exact) mass is 323 g/mol. The van der Waals surface area contributed by atoms with Crippen LogP contribution >= 0.6 is 11.8 Å². The lowest BCUT2D eigenvalue weighted by molar-refractivity contribution is 0.0521. The lowest BCUT2D eigenvalue weighted by Crippen LogP contribution is -1.99. The number of cyclic esters (lactones) is 1. The van der Waals surface area contributed by atoms with E-state index in [1.54, 1.807) is 6.07 Å². The molecule has 0 saturated heterocycles. The van der Waals surface area contributed by atoms with E-state index in [1.807, 2.05) is 60.1 Å². The second-order valence-electron chi connectivity index (χ2n) is 5.17. The minimum absolute atomic E-state index is 0.288. The number of carbonyl (C=O) groups excluding carboxylic acids is 1. The summed E-state index contributed by atoms with van der Waals surface area (Å²) in [5.74, 6) is 0.495. The lowest BCUT2D eigenvalue weighted by Gasteiger charge is -2.09. The van der Waals surface area contributed by atoms with Gasteiger partial charge < -0.3 is 9.30 Å². The number of ether oxygens (including phenoxy) is 1. The van der Waals surface area contributed by atoms with Gasteiger partial charge in [-0.1, -0.05) is 48.5 Å². The van der Waals surface area contributed by atoms with Crippen molar-refractivity contribution >= 4 is 17.7 Å². The SMILES string of the molecule is Cn1c(S[C@H]2OC(=O)c3ccccc32)nnc1-c1ccccc1. The zero-order chi connectivity index (χ0) is 15.8. The first kappa shape index (κ1) is 14.0. The molecule has 0 bridgehead atoms. The molecule has 0 aliphatic carbocycles. The summed E-state index contributed by atoms with van der Waals surface area (Å²) in [6.45, 7) is 0. The van der Waals surface area contributed by atoms with Crippen LogP contribution in [-0.2, 0) is 11.8 Å². The molecule has 0 radical (unpaired) electrons. The average Bonchev–Trinajstić information content (AvgIpc) is 3.10. The maximum atomic E-state index is 11.9. The van der Waals surface area contributed by atoms with Crippen LogP contribution in [0.25, 0.3) is 11.4 Å². The molecule has 0 saturated carbocycles. The van der Waals surface area contributed by atoms with Gasteiger partial charge in [-0.3, -0.25) is 0 Å². The zero-order valence-electron chi connectivity index (χ0n) is 12.3. The van der Waals surface area contributed by atoms with Gasteiger partial charge in [-0.15, -0.1) is 10.2 Å². The number of nitrogens with zero attached hydrogens (tertiary/aromatic N) is 3. The Hall–Kier alpha value is -2.60. The Kier molecular flexibility index (Phi) is 3.38. The summed E-state index contributed by atoms with van der Waals surface area (Å²) in [4.78, 5) is 11.9. The summed E-state index contributed by atoms with van der Waals surface area (Å²) in [5.41, 5.74) is 2.12. The van der Waals surface area contributed by atoms with Crippen LogP contribution in [0.4, 0.5) is 0 Å². The zero-order valence-corrected chi connectivity index (χ0v) is 13.2. The van der Waals surface area contributed by atoms with Crippen molar-refractivity contribution in [2.75, 3.05) is 0 Å². The summed E-state index contributed by atoms with van der Waals surface area (Å²) < 4.78 is 7.36. The topological polar surface area (TPSA) is 57.0 Å². The summed E-state index contributed by atoms with van der Waals surface area (Å²) >= 11 is 1.39. The molecule has 1 aliphatic heterocycles. The maximum Gasteiger partial charge on any atom is 0.340 e. The van der Waals surface area contributed by atoms with Crippen molar-refractivity contribution in [1.82, 2.24) is 14.8 Å². The molecular formula is C17H13N3O2S. The summed E-state index contributed by atoms with van der Waals surface area (Å²) in [5, 5.41) is 9.20. The Labute approximate surface area is 137 Å². The molecule has 5 nitrogen and oxygen atoms in total. The molecule has 0 unspecified atom stereocenters. The second kappa shape index (κ2) is 5.55. The van der Waals surface area contributed by atoms with Crippen molar-refractivity contribution in [1.29, 1.82) is 0 Å². The smallest absolute Gasteiger partial charge is 0.340 e. The van der Waals surface area contributed by atoms with E-state index in [1.165, 1.54) is 11.8 Å². The van der Waals surface area contributed by atoms with Crippen molar-refractivity contribution in [2.45, 2.75) is 10.6 Å². The molecule has 6 heteroatoms. The number of benzene rings is 2. The summed E-state index contributed by atoms with van der Waals surface area (Å²) in [7, 11) is 1.91. The fourth-order valence-electron chi connectivity index (χ4n) is 2.55. The molecule has 23 heavy (non-hydrogen) atoms. The highest BCUT2D eigenvalue weighted by atomic mass is 32.2. The molecule has 0 spiro atoms. The van der Waals surface area contributed by atoms with E-state index in [0.29, 0.717) is 10.7 Å².